The van der Waals surface area contributed by atoms with E-state index in [0.717, 1.165) is 16.4 Å². The molecule has 19 heavy (non-hydrogen) atoms. The highest BCUT2D eigenvalue weighted by atomic mass is 32.1. The van der Waals surface area contributed by atoms with Gasteiger partial charge in [0.15, 0.2) is 10.6 Å². The van der Waals surface area contributed by atoms with Crippen molar-refractivity contribution in [3.05, 3.63) is 51.6 Å². The minimum atomic E-state index is 0.616. The Morgan fingerprint density at radius 3 is 2.58 bits per heavy atom. The highest BCUT2D eigenvalue weighted by Crippen LogP contribution is 2.30. The van der Waals surface area contributed by atoms with Crippen molar-refractivity contribution in [2.45, 2.75) is 13.8 Å². The quantitative estimate of drug-likeness (QED) is 0.714. The number of benzene rings is 1. The minimum Gasteiger partial charge on any atom is -0.267 e. The van der Waals surface area contributed by atoms with Gasteiger partial charge in [-0.15, -0.1) is 11.3 Å². The number of aromatic nitrogens is 3. The van der Waals surface area contributed by atoms with Crippen molar-refractivity contribution >= 4 is 23.6 Å². The summed E-state index contributed by atoms with van der Waals surface area (Å²) < 4.78 is 2.59. The third-order valence-electron chi connectivity index (χ3n) is 3.07. The number of aryl methyl sites for hydroxylation is 2. The zero-order chi connectivity index (χ0) is 13.4. The summed E-state index contributed by atoms with van der Waals surface area (Å²) in [5.74, 6) is 0.873. The molecule has 0 aliphatic heterocycles. The number of hydrogen-bond donors (Lipinski definition) is 1. The molecule has 0 saturated heterocycles. The van der Waals surface area contributed by atoms with E-state index in [1.54, 1.807) is 11.3 Å². The second-order valence-electron chi connectivity index (χ2n) is 4.37. The molecule has 0 aliphatic carbocycles. The van der Waals surface area contributed by atoms with Gasteiger partial charge < -0.3 is 0 Å². The Balaban J connectivity index is 2.22. The first-order chi connectivity index (χ1) is 9.16. The molecular formula is C14H13N3S2. The van der Waals surface area contributed by atoms with Gasteiger partial charge in [-0.3, -0.25) is 9.67 Å². The molecule has 96 valence electrons. The van der Waals surface area contributed by atoms with Gasteiger partial charge in [0.05, 0.1) is 4.88 Å². The zero-order valence-electron chi connectivity index (χ0n) is 10.7. The minimum absolute atomic E-state index is 0.616. The highest BCUT2D eigenvalue weighted by Gasteiger charge is 2.13. The van der Waals surface area contributed by atoms with Crippen molar-refractivity contribution in [2.75, 3.05) is 0 Å². The number of nitrogens with zero attached hydrogens (tertiary/aromatic N) is 2. The van der Waals surface area contributed by atoms with Crippen molar-refractivity contribution in [2.24, 2.45) is 0 Å². The fraction of sp³-hybridized carbons (Fsp3) is 0.143. The summed E-state index contributed by atoms with van der Waals surface area (Å²) >= 11 is 7.08. The predicted molar refractivity (Wildman–Crippen MR) is 81.5 cm³/mol. The molecule has 3 rings (SSSR count). The Hall–Kier alpha value is -1.72. The van der Waals surface area contributed by atoms with Crippen LogP contribution >= 0.6 is 23.6 Å². The van der Waals surface area contributed by atoms with E-state index in [9.17, 15) is 0 Å². The lowest BCUT2D eigenvalue weighted by molar-refractivity contribution is 1.04. The third-order valence-corrected chi connectivity index (χ3v) is 4.50. The predicted octanol–water partition coefficient (Wildman–Crippen LogP) is 4.28. The van der Waals surface area contributed by atoms with Crippen LogP contribution in [0.3, 0.4) is 0 Å². The molecule has 0 unspecified atom stereocenters. The van der Waals surface area contributed by atoms with Crippen LogP contribution in [0.4, 0.5) is 0 Å². The molecule has 1 N–H and O–H groups in total. The molecule has 2 heterocycles. The standard InChI is InChI=1S/C14H13N3S2/c1-9-8-12(19-10(9)2)13-15-16-14(18)17(13)11-6-4-3-5-7-11/h3-8H,1-2H3,(H,16,18). The summed E-state index contributed by atoms with van der Waals surface area (Å²) in [6.45, 7) is 4.24. The van der Waals surface area contributed by atoms with Crippen LogP contribution < -0.4 is 0 Å². The molecule has 0 amide bonds. The zero-order valence-corrected chi connectivity index (χ0v) is 12.3. The van der Waals surface area contributed by atoms with Gasteiger partial charge in [0.1, 0.15) is 0 Å². The summed E-state index contributed by atoms with van der Waals surface area (Å²) in [4.78, 5) is 2.44. The third kappa shape index (κ3) is 2.15. The van der Waals surface area contributed by atoms with Gasteiger partial charge in [-0.05, 0) is 49.8 Å². The number of nitrogens with one attached hydrogen (secondary N) is 1. The van der Waals surface area contributed by atoms with E-state index in [4.69, 9.17) is 12.2 Å². The maximum atomic E-state index is 5.34. The maximum absolute atomic E-state index is 5.34. The summed E-state index contributed by atoms with van der Waals surface area (Å²) in [5.41, 5.74) is 2.31. The number of rotatable bonds is 2. The molecule has 0 spiro atoms. The van der Waals surface area contributed by atoms with Crippen LogP contribution in [-0.4, -0.2) is 14.8 Å². The number of para-hydroxylation sites is 1. The molecule has 5 heteroatoms. The first-order valence-electron chi connectivity index (χ1n) is 5.97. The van der Waals surface area contributed by atoms with Crippen LogP contribution in [0, 0.1) is 18.6 Å². The van der Waals surface area contributed by atoms with Crippen molar-refractivity contribution in [1.82, 2.24) is 14.8 Å². The average Bonchev–Trinajstić information content (AvgIpc) is 2.95. The molecular weight excluding hydrogens is 274 g/mol. The number of hydrogen-bond acceptors (Lipinski definition) is 3. The van der Waals surface area contributed by atoms with Gasteiger partial charge in [0, 0.05) is 10.6 Å². The summed E-state index contributed by atoms with van der Waals surface area (Å²) in [5, 5.41) is 7.26. The molecule has 0 aliphatic rings. The van der Waals surface area contributed by atoms with Crippen molar-refractivity contribution in [3.8, 4) is 16.4 Å². The van der Waals surface area contributed by atoms with E-state index in [2.05, 4.69) is 30.1 Å². The monoisotopic (exact) mass is 287 g/mol. The normalized spacial score (nSPS) is 10.8. The van der Waals surface area contributed by atoms with Crippen LogP contribution in [0.15, 0.2) is 36.4 Å². The van der Waals surface area contributed by atoms with E-state index in [1.165, 1.54) is 10.4 Å². The molecule has 0 atom stereocenters. The van der Waals surface area contributed by atoms with Gasteiger partial charge in [-0.25, -0.2) is 0 Å². The highest BCUT2D eigenvalue weighted by molar-refractivity contribution is 7.71. The Kier molecular flexibility index (Phi) is 3.08. The van der Waals surface area contributed by atoms with Crippen LogP contribution in [0.2, 0.25) is 0 Å². The smallest absolute Gasteiger partial charge is 0.200 e. The second kappa shape index (κ2) is 4.75. The van der Waals surface area contributed by atoms with Crippen molar-refractivity contribution < 1.29 is 0 Å². The second-order valence-corrected chi connectivity index (χ2v) is 6.02. The number of thiophene rings is 1. The molecule has 1 aromatic carbocycles. The number of H-pyrrole nitrogens is 1. The Morgan fingerprint density at radius 1 is 1.21 bits per heavy atom. The van der Waals surface area contributed by atoms with Crippen LogP contribution in [0.1, 0.15) is 10.4 Å². The Morgan fingerprint density at radius 2 is 1.95 bits per heavy atom. The molecule has 3 nitrogen and oxygen atoms in total. The first-order valence-corrected chi connectivity index (χ1v) is 7.19. The van der Waals surface area contributed by atoms with Crippen molar-refractivity contribution in [3.63, 3.8) is 0 Å². The van der Waals surface area contributed by atoms with Gasteiger partial charge in [0.2, 0.25) is 0 Å². The van der Waals surface area contributed by atoms with E-state index < -0.39 is 0 Å². The molecule has 2 aromatic heterocycles. The first kappa shape index (κ1) is 12.3. The molecule has 3 aromatic rings. The van der Waals surface area contributed by atoms with Crippen LogP contribution in [0.5, 0.6) is 0 Å². The lowest BCUT2D eigenvalue weighted by Crippen LogP contribution is -1.96. The van der Waals surface area contributed by atoms with E-state index >= 15 is 0 Å². The lowest BCUT2D eigenvalue weighted by Gasteiger charge is -2.04. The van der Waals surface area contributed by atoms with Gasteiger partial charge in [-0.1, -0.05) is 18.2 Å². The van der Waals surface area contributed by atoms with Gasteiger partial charge in [-0.2, -0.15) is 5.10 Å². The van der Waals surface area contributed by atoms with Gasteiger partial charge >= 0.3 is 0 Å². The summed E-state index contributed by atoms with van der Waals surface area (Å²) in [6.07, 6.45) is 0. The fourth-order valence-corrected chi connectivity index (χ4v) is 3.21. The molecule has 0 fully saturated rings. The lowest BCUT2D eigenvalue weighted by atomic mass is 10.2. The van der Waals surface area contributed by atoms with Crippen LogP contribution in [0.25, 0.3) is 16.4 Å². The van der Waals surface area contributed by atoms with E-state index in [0.29, 0.717) is 4.77 Å². The van der Waals surface area contributed by atoms with Crippen LogP contribution in [-0.2, 0) is 0 Å². The molecule has 0 bridgehead atoms. The Labute approximate surface area is 120 Å². The van der Waals surface area contributed by atoms with E-state index in [-0.39, 0.29) is 0 Å². The van der Waals surface area contributed by atoms with E-state index in [1.807, 2.05) is 34.9 Å². The van der Waals surface area contributed by atoms with Crippen molar-refractivity contribution in [1.29, 1.82) is 0 Å². The molecule has 0 saturated carbocycles. The number of aromatic amines is 1. The average molecular weight is 287 g/mol. The Bertz CT molecular complexity index is 746. The summed E-state index contributed by atoms with van der Waals surface area (Å²) in [7, 11) is 0. The summed E-state index contributed by atoms with van der Waals surface area (Å²) in [6, 6.07) is 12.2. The molecule has 0 radical (unpaired) electrons. The fourth-order valence-electron chi connectivity index (χ4n) is 1.96. The largest absolute Gasteiger partial charge is 0.267 e. The maximum Gasteiger partial charge on any atom is 0.200 e. The topological polar surface area (TPSA) is 33.6 Å². The SMILES string of the molecule is Cc1cc(-c2n[nH]c(=S)n2-c2ccccc2)sc1C. The van der Waals surface area contributed by atoms with Gasteiger partial charge in [0.25, 0.3) is 0 Å².